The second-order valence-corrected chi connectivity index (χ2v) is 3.10. The summed E-state index contributed by atoms with van der Waals surface area (Å²) in [6, 6.07) is 0. The minimum Gasteiger partial charge on any atom is -0.481 e. The third-order valence-electron chi connectivity index (χ3n) is 2.50. The number of carbonyl (C=O) groups excluding carboxylic acids is 1. The number of allylic oxidation sites excluding steroid dienone is 2. The van der Waals surface area contributed by atoms with E-state index in [1.54, 1.807) is 6.08 Å². The van der Waals surface area contributed by atoms with Crippen LogP contribution >= 0.6 is 0 Å². The fourth-order valence-corrected chi connectivity index (χ4v) is 1.89. The van der Waals surface area contributed by atoms with Gasteiger partial charge in [-0.2, -0.15) is 0 Å². The van der Waals surface area contributed by atoms with E-state index in [0.717, 1.165) is 0 Å². The first-order chi connectivity index (χ1) is 5.20. The number of Topliss-reactive ketones (excluding diaryl/α,β-unsaturated/α-hetero) is 1. The van der Waals surface area contributed by atoms with Gasteiger partial charge in [-0.25, -0.2) is 0 Å². The van der Waals surface area contributed by atoms with E-state index in [4.69, 9.17) is 5.11 Å². The van der Waals surface area contributed by atoms with Gasteiger partial charge in [0.15, 0.2) is 0 Å². The molecular weight excluding hydrogens is 144 g/mol. The third kappa shape index (κ3) is 0.737. The molecule has 0 saturated heterocycles. The summed E-state index contributed by atoms with van der Waals surface area (Å²) >= 11 is 0. The number of carboxylic acid groups (broad SMARTS) is 1. The minimum atomic E-state index is -0.838. The Labute approximate surface area is 63.7 Å². The highest BCUT2D eigenvalue weighted by Gasteiger charge is 2.46. The molecule has 58 valence electrons. The molecule has 0 aliphatic heterocycles. The molecule has 1 saturated carbocycles. The second-order valence-electron chi connectivity index (χ2n) is 3.10. The predicted octanol–water partition coefficient (Wildman–Crippen LogP) is 0.462. The molecule has 3 nitrogen and oxygen atoms in total. The molecule has 3 heteroatoms. The summed E-state index contributed by atoms with van der Waals surface area (Å²) in [4.78, 5) is 21.7. The first-order valence-electron chi connectivity index (χ1n) is 3.65. The molecule has 2 aliphatic rings. The van der Waals surface area contributed by atoms with Crippen LogP contribution in [0.2, 0.25) is 0 Å². The van der Waals surface area contributed by atoms with Gasteiger partial charge < -0.3 is 5.11 Å². The molecular formula is C8H8O3. The van der Waals surface area contributed by atoms with Crippen molar-refractivity contribution in [2.45, 2.75) is 6.42 Å². The quantitative estimate of drug-likeness (QED) is 0.555. The normalized spacial score (nSPS) is 40.0. The molecule has 0 radical (unpaired) electrons. The molecule has 2 rings (SSSR count). The molecule has 2 aliphatic carbocycles. The highest BCUT2D eigenvalue weighted by molar-refractivity contribution is 5.96. The van der Waals surface area contributed by atoms with Crippen LogP contribution in [-0.2, 0) is 9.59 Å². The predicted molar refractivity (Wildman–Crippen MR) is 36.9 cm³/mol. The van der Waals surface area contributed by atoms with E-state index < -0.39 is 11.9 Å². The van der Waals surface area contributed by atoms with E-state index in [2.05, 4.69) is 0 Å². The number of hydrogen-bond donors (Lipinski definition) is 1. The Morgan fingerprint density at radius 1 is 1.55 bits per heavy atom. The van der Waals surface area contributed by atoms with Gasteiger partial charge in [-0.15, -0.1) is 0 Å². The van der Waals surface area contributed by atoms with Gasteiger partial charge in [0, 0.05) is 11.8 Å². The van der Waals surface area contributed by atoms with Crippen molar-refractivity contribution in [1.29, 1.82) is 0 Å². The highest BCUT2D eigenvalue weighted by Crippen LogP contribution is 2.40. The molecule has 1 fully saturated rings. The summed E-state index contributed by atoms with van der Waals surface area (Å²) in [7, 11) is 0. The van der Waals surface area contributed by atoms with Gasteiger partial charge in [0.1, 0.15) is 5.78 Å². The molecule has 1 unspecified atom stereocenters. The van der Waals surface area contributed by atoms with Gasteiger partial charge in [-0.1, -0.05) is 12.2 Å². The molecule has 0 aromatic carbocycles. The lowest BCUT2D eigenvalue weighted by Gasteiger charge is -2.09. The molecule has 11 heavy (non-hydrogen) atoms. The summed E-state index contributed by atoms with van der Waals surface area (Å²) in [5.74, 6) is -1.61. The van der Waals surface area contributed by atoms with Crippen molar-refractivity contribution >= 4 is 11.8 Å². The van der Waals surface area contributed by atoms with E-state index in [-0.39, 0.29) is 17.6 Å². The molecule has 1 N–H and O–H groups in total. The summed E-state index contributed by atoms with van der Waals surface area (Å²) in [5.41, 5.74) is 0. The average Bonchev–Trinajstić information content (AvgIpc) is 2.46. The SMILES string of the molecule is O=C(O)C1C[C@@H]2C=C[C@H]1C2=O. The van der Waals surface area contributed by atoms with Crippen LogP contribution in [0, 0.1) is 17.8 Å². The smallest absolute Gasteiger partial charge is 0.307 e. The summed E-state index contributed by atoms with van der Waals surface area (Å²) < 4.78 is 0. The number of fused-ring (bicyclic) bond motifs is 2. The Hall–Kier alpha value is -1.12. The van der Waals surface area contributed by atoms with Crippen LogP contribution in [-0.4, -0.2) is 16.9 Å². The van der Waals surface area contributed by atoms with Gasteiger partial charge >= 0.3 is 5.97 Å². The van der Waals surface area contributed by atoms with Crippen molar-refractivity contribution in [2.24, 2.45) is 17.8 Å². The van der Waals surface area contributed by atoms with Crippen LogP contribution in [0.15, 0.2) is 12.2 Å². The van der Waals surface area contributed by atoms with E-state index in [1.165, 1.54) is 0 Å². The lowest BCUT2D eigenvalue weighted by atomic mass is 9.94. The van der Waals surface area contributed by atoms with E-state index >= 15 is 0 Å². The molecule has 0 aromatic rings. The van der Waals surface area contributed by atoms with Gasteiger partial charge in [0.2, 0.25) is 0 Å². The molecule has 0 aromatic heterocycles. The van der Waals surface area contributed by atoms with Crippen molar-refractivity contribution < 1.29 is 14.7 Å². The van der Waals surface area contributed by atoms with Crippen molar-refractivity contribution in [2.75, 3.05) is 0 Å². The molecule has 0 spiro atoms. The number of rotatable bonds is 1. The van der Waals surface area contributed by atoms with Crippen LogP contribution in [0.25, 0.3) is 0 Å². The fraction of sp³-hybridized carbons (Fsp3) is 0.500. The lowest BCUT2D eigenvalue weighted by Crippen LogP contribution is -2.19. The Balaban J connectivity index is 2.28. The monoisotopic (exact) mass is 152 g/mol. The third-order valence-corrected chi connectivity index (χ3v) is 2.50. The zero-order chi connectivity index (χ0) is 8.01. The maximum absolute atomic E-state index is 11.2. The Kier molecular flexibility index (Phi) is 1.16. The highest BCUT2D eigenvalue weighted by atomic mass is 16.4. The number of hydrogen-bond acceptors (Lipinski definition) is 2. The second kappa shape index (κ2) is 1.94. The average molecular weight is 152 g/mol. The largest absolute Gasteiger partial charge is 0.481 e. The fourth-order valence-electron chi connectivity index (χ4n) is 1.89. The number of carbonyl (C=O) groups is 2. The minimum absolute atomic E-state index is 0.0948. The van der Waals surface area contributed by atoms with Crippen LogP contribution in [0.5, 0.6) is 0 Å². The molecule has 0 heterocycles. The Morgan fingerprint density at radius 3 is 2.55 bits per heavy atom. The van der Waals surface area contributed by atoms with E-state index in [1.807, 2.05) is 6.08 Å². The Bertz CT molecular complexity index is 254. The van der Waals surface area contributed by atoms with Gasteiger partial charge in [0.25, 0.3) is 0 Å². The van der Waals surface area contributed by atoms with Crippen LogP contribution < -0.4 is 0 Å². The molecule has 0 amide bonds. The summed E-state index contributed by atoms with van der Waals surface area (Å²) in [5, 5.41) is 8.67. The zero-order valence-corrected chi connectivity index (χ0v) is 5.86. The van der Waals surface area contributed by atoms with Crippen molar-refractivity contribution in [3.05, 3.63) is 12.2 Å². The van der Waals surface area contributed by atoms with Gasteiger partial charge in [-0.05, 0) is 6.42 Å². The standard InChI is InChI=1S/C8H8O3/c9-7-4-1-2-5(7)6(3-4)8(10)11/h1-2,4-6H,3H2,(H,10,11)/t4-,5+,6?/m0/s1. The van der Waals surface area contributed by atoms with Crippen molar-refractivity contribution in [3.63, 3.8) is 0 Å². The van der Waals surface area contributed by atoms with Crippen LogP contribution in [0.1, 0.15) is 6.42 Å². The van der Waals surface area contributed by atoms with Crippen molar-refractivity contribution in [1.82, 2.24) is 0 Å². The Morgan fingerprint density at radius 2 is 2.27 bits per heavy atom. The molecule has 3 atom stereocenters. The molecule has 2 bridgehead atoms. The van der Waals surface area contributed by atoms with E-state index in [9.17, 15) is 9.59 Å². The summed E-state index contributed by atoms with van der Waals surface area (Å²) in [6.45, 7) is 0. The zero-order valence-electron chi connectivity index (χ0n) is 5.86. The number of aliphatic carboxylic acids is 1. The van der Waals surface area contributed by atoms with Gasteiger partial charge in [0.05, 0.1) is 5.92 Å². The number of ketones is 1. The summed E-state index contributed by atoms with van der Waals surface area (Å²) in [6.07, 6.45) is 4.07. The van der Waals surface area contributed by atoms with Crippen LogP contribution in [0.4, 0.5) is 0 Å². The first kappa shape index (κ1) is 6.58. The van der Waals surface area contributed by atoms with Crippen molar-refractivity contribution in [3.8, 4) is 0 Å². The van der Waals surface area contributed by atoms with Crippen LogP contribution in [0.3, 0.4) is 0 Å². The van der Waals surface area contributed by atoms with E-state index in [0.29, 0.717) is 6.42 Å². The lowest BCUT2D eigenvalue weighted by molar-refractivity contribution is -0.143. The van der Waals surface area contributed by atoms with Gasteiger partial charge in [-0.3, -0.25) is 9.59 Å². The maximum Gasteiger partial charge on any atom is 0.307 e. The first-order valence-corrected chi connectivity index (χ1v) is 3.65. The maximum atomic E-state index is 11.2. The topological polar surface area (TPSA) is 54.4 Å². The number of carboxylic acids is 1.